The fourth-order valence-electron chi connectivity index (χ4n) is 1.27. The molecule has 74 valence electrons. The minimum absolute atomic E-state index is 0.230. The van der Waals surface area contributed by atoms with Crippen LogP contribution in [0.4, 0.5) is 4.39 Å². The van der Waals surface area contributed by atoms with Crippen LogP contribution in [0.3, 0.4) is 0 Å². The second kappa shape index (κ2) is 4.24. The van der Waals surface area contributed by atoms with Gasteiger partial charge in [-0.05, 0) is 18.6 Å². The molecule has 1 aromatic carbocycles. The van der Waals surface area contributed by atoms with Crippen molar-refractivity contribution in [2.45, 2.75) is 12.8 Å². The molecule has 1 aromatic heterocycles. The molecule has 0 aliphatic rings. The van der Waals surface area contributed by atoms with Crippen LogP contribution in [0, 0.1) is 5.82 Å². The molecule has 0 fully saturated rings. The van der Waals surface area contributed by atoms with Crippen molar-refractivity contribution >= 4 is 33.2 Å². The van der Waals surface area contributed by atoms with Crippen LogP contribution in [0.1, 0.15) is 11.4 Å². The van der Waals surface area contributed by atoms with Gasteiger partial charge in [0.1, 0.15) is 5.82 Å². The van der Waals surface area contributed by atoms with Crippen LogP contribution < -0.4 is 0 Å². The van der Waals surface area contributed by atoms with Crippen LogP contribution in [0.5, 0.6) is 0 Å². The molecule has 0 spiro atoms. The fourth-order valence-corrected chi connectivity index (χ4v) is 2.40. The van der Waals surface area contributed by atoms with Crippen molar-refractivity contribution in [1.82, 2.24) is 4.98 Å². The van der Waals surface area contributed by atoms with Crippen LogP contribution in [0.2, 0.25) is 0 Å². The van der Waals surface area contributed by atoms with Gasteiger partial charge in [0.25, 0.3) is 0 Å². The third kappa shape index (κ3) is 2.04. The molecule has 2 rings (SSSR count). The first-order chi connectivity index (χ1) is 6.79. The van der Waals surface area contributed by atoms with E-state index in [4.69, 9.17) is 11.6 Å². The van der Waals surface area contributed by atoms with E-state index in [1.165, 1.54) is 12.1 Å². The van der Waals surface area contributed by atoms with Gasteiger partial charge in [-0.3, -0.25) is 0 Å². The maximum atomic E-state index is 12.8. The first kappa shape index (κ1) is 9.87. The fraction of sp³-hybridized carbons (Fsp3) is 0.300. The van der Waals surface area contributed by atoms with E-state index in [2.05, 4.69) is 4.98 Å². The third-order valence-corrected chi connectivity index (χ3v) is 3.28. The number of aromatic nitrogens is 1. The SMILES string of the molecule is Fc1ccc2sc(CCCCl)nc2c1. The summed E-state index contributed by atoms with van der Waals surface area (Å²) in [6.07, 6.45) is 1.80. The summed E-state index contributed by atoms with van der Waals surface area (Å²) < 4.78 is 13.9. The summed E-state index contributed by atoms with van der Waals surface area (Å²) in [5.74, 6) is 0.413. The molecule has 0 aliphatic carbocycles. The molecular formula is C10H9ClFNS. The maximum absolute atomic E-state index is 12.8. The predicted molar refractivity (Wildman–Crippen MR) is 58.6 cm³/mol. The molecule has 0 N–H and O–H groups in total. The second-order valence-corrected chi connectivity index (χ2v) is 4.51. The van der Waals surface area contributed by atoms with Crippen molar-refractivity contribution < 1.29 is 4.39 Å². The first-order valence-corrected chi connectivity index (χ1v) is 5.75. The van der Waals surface area contributed by atoms with Crippen LogP contribution in [0.25, 0.3) is 10.2 Å². The highest BCUT2D eigenvalue weighted by molar-refractivity contribution is 7.18. The normalized spacial score (nSPS) is 11.0. The van der Waals surface area contributed by atoms with Gasteiger partial charge in [0, 0.05) is 18.4 Å². The van der Waals surface area contributed by atoms with Crippen molar-refractivity contribution in [3.63, 3.8) is 0 Å². The van der Waals surface area contributed by atoms with Gasteiger partial charge in [-0.2, -0.15) is 0 Å². The Labute approximate surface area is 90.5 Å². The molecule has 0 bridgehead atoms. The molecular weight excluding hydrogens is 221 g/mol. The first-order valence-electron chi connectivity index (χ1n) is 4.40. The van der Waals surface area contributed by atoms with E-state index >= 15 is 0 Å². The van der Waals surface area contributed by atoms with Crippen molar-refractivity contribution in [1.29, 1.82) is 0 Å². The van der Waals surface area contributed by atoms with E-state index in [0.29, 0.717) is 5.88 Å². The highest BCUT2D eigenvalue weighted by Crippen LogP contribution is 2.23. The lowest BCUT2D eigenvalue weighted by atomic mass is 10.3. The maximum Gasteiger partial charge on any atom is 0.125 e. The van der Waals surface area contributed by atoms with Gasteiger partial charge >= 0.3 is 0 Å². The zero-order chi connectivity index (χ0) is 9.97. The number of benzene rings is 1. The van der Waals surface area contributed by atoms with E-state index in [1.54, 1.807) is 17.4 Å². The number of rotatable bonds is 3. The predicted octanol–water partition coefficient (Wildman–Crippen LogP) is 3.61. The molecule has 0 atom stereocenters. The summed E-state index contributed by atoms with van der Waals surface area (Å²) in [7, 11) is 0. The topological polar surface area (TPSA) is 12.9 Å². The Kier molecular flexibility index (Phi) is 2.99. The highest BCUT2D eigenvalue weighted by Gasteiger charge is 2.03. The Bertz CT molecular complexity index is 441. The van der Waals surface area contributed by atoms with Crippen LogP contribution in [0.15, 0.2) is 18.2 Å². The lowest BCUT2D eigenvalue weighted by Crippen LogP contribution is -1.83. The smallest absolute Gasteiger partial charge is 0.125 e. The summed E-state index contributed by atoms with van der Waals surface area (Å²) in [5.41, 5.74) is 0.750. The Morgan fingerprint density at radius 2 is 2.29 bits per heavy atom. The zero-order valence-corrected chi connectivity index (χ0v) is 9.04. The van der Waals surface area contributed by atoms with E-state index < -0.39 is 0 Å². The molecule has 0 aliphatic heterocycles. The van der Waals surface area contributed by atoms with Gasteiger partial charge in [-0.25, -0.2) is 9.37 Å². The van der Waals surface area contributed by atoms with E-state index in [0.717, 1.165) is 28.1 Å². The number of halogens is 2. The highest BCUT2D eigenvalue weighted by atomic mass is 35.5. The van der Waals surface area contributed by atoms with Crippen LogP contribution >= 0.6 is 22.9 Å². The summed E-state index contributed by atoms with van der Waals surface area (Å²) in [5, 5.41) is 1.03. The van der Waals surface area contributed by atoms with E-state index in [9.17, 15) is 4.39 Å². The number of thiazole rings is 1. The Hall–Kier alpha value is -0.670. The lowest BCUT2D eigenvalue weighted by Gasteiger charge is -1.88. The van der Waals surface area contributed by atoms with Crippen molar-refractivity contribution in [2.75, 3.05) is 5.88 Å². The molecule has 4 heteroatoms. The summed E-state index contributed by atoms with van der Waals surface area (Å²) >= 11 is 7.20. The number of fused-ring (bicyclic) bond motifs is 1. The molecule has 1 nitrogen and oxygen atoms in total. The van der Waals surface area contributed by atoms with Gasteiger partial charge in [0.2, 0.25) is 0 Å². The Morgan fingerprint density at radius 1 is 1.43 bits per heavy atom. The largest absolute Gasteiger partial charge is 0.241 e. The average Bonchev–Trinajstić information content (AvgIpc) is 2.56. The molecule has 1 heterocycles. The molecule has 0 radical (unpaired) electrons. The number of alkyl halides is 1. The summed E-state index contributed by atoms with van der Waals surface area (Å²) in [6.45, 7) is 0. The van der Waals surface area contributed by atoms with Gasteiger partial charge in [0.15, 0.2) is 0 Å². The summed E-state index contributed by atoms with van der Waals surface area (Å²) in [4.78, 5) is 4.33. The Morgan fingerprint density at radius 3 is 3.07 bits per heavy atom. The van der Waals surface area contributed by atoms with Crippen LogP contribution in [-0.4, -0.2) is 10.9 Å². The van der Waals surface area contributed by atoms with Gasteiger partial charge < -0.3 is 0 Å². The molecule has 0 saturated heterocycles. The van der Waals surface area contributed by atoms with Gasteiger partial charge in [-0.1, -0.05) is 0 Å². The molecule has 14 heavy (non-hydrogen) atoms. The number of aryl methyl sites for hydroxylation is 1. The van der Waals surface area contributed by atoms with E-state index in [1.807, 2.05) is 0 Å². The molecule has 0 unspecified atom stereocenters. The van der Waals surface area contributed by atoms with Crippen molar-refractivity contribution in [3.05, 3.63) is 29.0 Å². The van der Waals surface area contributed by atoms with Gasteiger partial charge in [0.05, 0.1) is 15.2 Å². The second-order valence-electron chi connectivity index (χ2n) is 3.01. The molecule has 0 saturated carbocycles. The third-order valence-electron chi connectivity index (χ3n) is 1.92. The molecule has 0 amide bonds. The van der Waals surface area contributed by atoms with Crippen molar-refractivity contribution in [2.24, 2.45) is 0 Å². The quantitative estimate of drug-likeness (QED) is 0.733. The number of nitrogens with zero attached hydrogens (tertiary/aromatic N) is 1. The Balaban J connectivity index is 2.32. The van der Waals surface area contributed by atoms with Crippen molar-refractivity contribution in [3.8, 4) is 0 Å². The number of hydrogen-bond acceptors (Lipinski definition) is 2. The average molecular weight is 230 g/mol. The summed E-state index contributed by atoms with van der Waals surface area (Å²) in [6, 6.07) is 4.70. The zero-order valence-electron chi connectivity index (χ0n) is 7.46. The minimum atomic E-state index is -0.230. The minimum Gasteiger partial charge on any atom is -0.241 e. The van der Waals surface area contributed by atoms with E-state index in [-0.39, 0.29) is 5.82 Å². The van der Waals surface area contributed by atoms with Crippen LogP contribution in [-0.2, 0) is 6.42 Å². The van der Waals surface area contributed by atoms with Gasteiger partial charge in [-0.15, -0.1) is 22.9 Å². The number of hydrogen-bond donors (Lipinski definition) is 0. The standard InChI is InChI=1S/C10H9ClFNS/c11-5-1-2-10-13-8-6-7(12)3-4-9(8)14-10/h3-4,6H,1-2,5H2. The monoisotopic (exact) mass is 229 g/mol. The molecule has 2 aromatic rings. The lowest BCUT2D eigenvalue weighted by molar-refractivity contribution is 0.629.